The summed E-state index contributed by atoms with van der Waals surface area (Å²) < 4.78 is 28.0. The van der Waals surface area contributed by atoms with Crippen molar-refractivity contribution in [2.45, 2.75) is 19.5 Å². The van der Waals surface area contributed by atoms with Crippen LogP contribution in [0.15, 0.2) is 24.3 Å². The molecule has 0 fully saturated rings. The molecule has 1 aromatic rings. The Morgan fingerprint density at radius 1 is 1.43 bits per heavy atom. The molecule has 1 aromatic carbocycles. The van der Waals surface area contributed by atoms with Crippen molar-refractivity contribution in [3.63, 3.8) is 0 Å². The predicted molar refractivity (Wildman–Crippen MR) is 48.6 cm³/mol. The van der Waals surface area contributed by atoms with Crippen LogP contribution in [0.3, 0.4) is 0 Å². The number of alkyl halides is 2. The maximum atomic E-state index is 11.9. The minimum Gasteiger partial charge on any atom is -0.435 e. The van der Waals surface area contributed by atoms with Gasteiger partial charge in [0.1, 0.15) is 5.75 Å². The second kappa shape index (κ2) is 4.91. The molecule has 0 aromatic heterocycles. The highest BCUT2D eigenvalue weighted by atomic mass is 19.3. The summed E-state index contributed by atoms with van der Waals surface area (Å²) in [6.07, 6.45) is 0. The van der Waals surface area contributed by atoms with Gasteiger partial charge in [-0.1, -0.05) is 19.1 Å². The Labute approximate surface area is 81.1 Å². The zero-order valence-corrected chi connectivity index (χ0v) is 7.78. The van der Waals surface area contributed by atoms with Crippen molar-refractivity contribution in [1.29, 1.82) is 0 Å². The van der Waals surface area contributed by atoms with E-state index in [1.807, 2.05) is 6.92 Å². The van der Waals surface area contributed by atoms with Gasteiger partial charge in [0, 0.05) is 12.5 Å². The molecule has 1 atom stereocenters. The molecular weight excluding hydrogens is 190 g/mol. The molecule has 14 heavy (non-hydrogen) atoms. The fraction of sp³-hybridized carbons (Fsp3) is 0.400. The van der Waals surface area contributed by atoms with E-state index in [0.717, 1.165) is 5.56 Å². The molecule has 78 valence electrons. The van der Waals surface area contributed by atoms with Gasteiger partial charge < -0.3 is 9.84 Å². The van der Waals surface area contributed by atoms with Crippen molar-refractivity contribution in [1.82, 2.24) is 0 Å². The Morgan fingerprint density at radius 3 is 2.71 bits per heavy atom. The molecule has 0 spiro atoms. The SMILES string of the molecule is C[C@H](CO)c1cccc(OC(F)F)c1. The van der Waals surface area contributed by atoms with Gasteiger partial charge in [-0.2, -0.15) is 8.78 Å². The first kappa shape index (κ1) is 10.9. The van der Waals surface area contributed by atoms with E-state index in [1.54, 1.807) is 12.1 Å². The molecule has 0 saturated carbocycles. The van der Waals surface area contributed by atoms with Crippen molar-refractivity contribution in [2.24, 2.45) is 0 Å². The molecule has 0 unspecified atom stereocenters. The molecule has 1 N–H and O–H groups in total. The van der Waals surface area contributed by atoms with Crippen LogP contribution >= 0.6 is 0 Å². The second-order valence-corrected chi connectivity index (χ2v) is 3.03. The smallest absolute Gasteiger partial charge is 0.387 e. The van der Waals surface area contributed by atoms with Crippen molar-refractivity contribution in [3.8, 4) is 5.75 Å². The van der Waals surface area contributed by atoms with Gasteiger partial charge in [-0.25, -0.2) is 0 Å². The van der Waals surface area contributed by atoms with E-state index in [2.05, 4.69) is 4.74 Å². The van der Waals surface area contributed by atoms with Gasteiger partial charge in [0.15, 0.2) is 0 Å². The first-order valence-electron chi connectivity index (χ1n) is 4.29. The highest BCUT2D eigenvalue weighted by Gasteiger charge is 2.07. The Balaban J connectivity index is 2.78. The molecule has 0 saturated heterocycles. The zero-order valence-electron chi connectivity index (χ0n) is 7.78. The topological polar surface area (TPSA) is 29.5 Å². The summed E-state index contributed by atoms with van der Waals surface area (Å²) >= 11 is 0. The summed E-state index contributed by atoms with van der Waals surface area (Å²) in [6, 6.07) is 6.35. The lowest BCUT2D eigenvalue weighted by atomic mass is 10.0. The third-order valence-corrected chi connectivity index (χ3v) is 1.93. The Bertz CT molecular complexity index is 289. The lowest BCUT2D eigenvalue weighted by Crippen LogP contribution is -2.03. The first-order chi connectivity index (χ1) is 6.63. The molecule has 0 radical (unpaired) electrons. The van der Waals surface area contributed by atoms with E-state index in [9.17, 15) is 8.78 Å². The summed E-state index contributed by atoms with van der Waals surface area (Å²) in [5.41, 5.74) is 0.783. The van der Waals surface area contributed by atoms with Crippen LogP contribution in [0.1, 0.15) is 18.4 Å². The van der Waals surface area contributed by atoms with Gasteiger partial charge in [0.05, 0.1) is 0 Å². The molecule has 0 aliphatic carbocycles. The highest BCUT2D eigenvalue weighted by molar-refractivity contribution is 5.30. The van der Waals surface area contributed by atoms with Gasteiger partial charge in [-0.05, 0) is 17.7 Å². The number of hydrogen-bond donors (Lipinski definition) is 1. The minimum atomic E-state index is -2.81. The van der Waals surface area contributed by atoms with Crippen LogP contribution in [0.2, 0.25) is 0 Å². The van der Waals surface area contributed by atoms with Gasteiger partial charge in [0.2, 0.25) is 0 Å². The van der Waals surface area contributed by atoms with Crippen molar-refractivity contribution in [2.75, 3.05) is 6.61 Å². The molecule has 2 nitrogen and oxygen atoms in total. The number of aliphatic hydroxyl groups excluding tert-OH is 1. The van der Waals surface area contributed by atoms with Crippen LogP contribution in [0.4, 0.5) is 8.78 Å². The number of aliphatic hydroxyl groups is 1. The largest absolute Gasteiger partial charge is 0.435 e. The zero-order chi connectivity index (χ0) is 10.6. The van der Waals surface area contributed by atoms with Gasteiger partial charge >= 0.3 is 6.61 Å². The third kappa shape index (κ3) is 2.96. The van der Waals surface area contributed by atoms with Crippen molar-refractivity contribution in [3.05, 3.63) is 29.8 Å². The second-order valence-electron chi connectivity index (χ2n) is 3.03. The molecule has 0 aliphatic heterocycles. The highest BCUT2D eigenvalue weighted by Crippen LogP contribution is 2.21. The van der Waals surface area contributed by atoms with E-state index >= 15 is 0 Å². The molecule has 0 aliphatic rings. The van der Waals surface area contributed by atoms with E-state index in [4.69, 9.17) is 5.11 Å². The maximum absolute atomic E-state index is 11.9. The minimum absolute atomic E-state index is 0.0157. The summed E-state index contributed by atoms with van der Waals surface area (Å²) in [5, 5.41) is 8.87. The molecule has 1 rings (SSSR count). The van der Waals surface area contributed by atoms with E-state index < -0.39 is 6.61 Å². The summed E-state index contributed by atoms with van der Waals surface area (Å²) in [5.74, 6) is 0.0500. The van der Waals surface area contributed by atoms with Crippen LogP contribution in [0.5, 0.6) is 5.75 Å². The summed E-state index contributed by atoms with van der Waals surface area (Å²) in [6.45, 7) is -1.02. The number of rotatable bonds is 4. The Hall–Kier alpha value is -1.16. The van der Waals surface area contributed by atoms with Crippen molar-refractivity contribution < 1.29 is 18.6 Å². The monoisotopic (exact) mass is 202 g/mol. The molecule has 0 amide bonds. The number of hydrogen-bond acceptors (Lipinski definition) is 2. The average Bonchev–Trinajstić information content (AvgIpc) is 2.16. The van der Waals surface area contributed by atoms with E-state index in [-0.39, 0.29) is 18.3 Å². The molecular formula is C10H12F2O2. The summed E-state index contributed by atoms with van der Waals surface area (Å²) in [7, 11) is 0. The van der Waals surface area contributed by atoms with E-state index in [0.29, 0.717) is 0 Å². The van der Waals surface area contributed by atoms with Crippen molar-refractivity contribution >= 4 is 0 Å². The maximum Gasteiger partial charge on any atom is 0.387 e. The first-order valence-corrected chi connectivity index (χ1v) is 4.29. The van der Waals surface area contributed by atoms with Gasteiger partial charge in [-0.3, -0.25) is 0 Å². The third-order valence-electron chi connectivity index (χ3n) is 1.93. The standard InChI is InChI=1S/C10H12F2O2/c1-7(6-13)8-3-2-4-9(5-8)14-10(11)12/h2-5,7,10,13H,6H2,1H3/t7-/m1/s1. The summed E-state index contributed by atoms with van der Waals surface area (Å²) in [4.78, 5) is 0. The molecule has 4 heteroatoms. The van der Waals surface area contributed by atoms with Crippen LogP contribution in [-0.2, 0) is 0 Å². The fourth-order valence-electron chi connectivity index (χ4n) is 1.10. The fourth-order valence-corrected chi connectivity index (χ4v) is 1.10. The number of halogens is 2. The van der Waals surface area contributed by atoms with Crippen LogP contribution in [0, 0.1) is 0 Å². The van der Waals surface area contributed by atoms with Crippen LogP contribution < -0.4 is 4.74 Å². The Kier molecular flexibility index (Phi) is 3.83. The lowest BCUT2D eigenvalue weighted by Gasteiger charge is -2.10. The predicted octanol–water partition coefficient (Wildman–Crippen LogP) is 2.38. The average molecular weight is 202 g/mol. The van der Waals surface area contributed by atoms with Gasteiger partial charge in [0.25, 0.3) is 0 Å². The normalized spacial score (nSPS) is 12.9. The number of ether oxygens (including phenoxy) is 1. The quantitative estimate of drug-likeness (QED) is 0.812. The van der Waals surface area contributed by atoms with E-state index in [1.165, 1.54) is 12.1 Å². The molecule has 0 heterocycles. The van der Waals surface area contributed by atoms with Crippen LogP contribution in [-0.4, -0.2) is 18.3 Å². The number of benzene rings is 1. The molecule has 0 bridgehead atoms. The van der Waals surface area contributed by atoms with Crippen LogP contribution in [0.25, 0.3) is 0 Å². The Morgan fingerprint density at radius 2 is 2.14 bits per heavy atom. The van der Waals surface area contributed by atoms with Gasteiger partial charge in [-0.15, -0.1) is 0 Å². The lowest BCUT2D eigenvalue weighted by molar-refractivity contribution is -0.0498.